The molecular weight excluding hydrogens is 488 g/mol. The summed E-state index contributed by atoms with van der Waals surface area (Å²) in [5, 5.41) is 4.56. The van der Waals surface area contributed by atoms with E-state index >= 15 is 0 Å². The van der Waals surface area contributed by atoms with Crippen LogP contribution in [-0.4, -0.2) is 59.8 Å². The molecule has 0 atom stereocenters. The van der Waals surface area contributed by atoms with Crippen molar-refractivity contribution >= 4 is 28.5 Å². The third-order valence-corrected chi connectivity index (χ3v) is 7.12. The monoisotopic (exact) mass is 520 g/mol. The van der Waals surface area contributed by atoms with Crippen molar-refractivity contribution in [3.8, 4) is 11.5 Å². The van der Waals surface area contributed by atoms with Crippen LogP contribution in [0.5, 0.6) is 11.5 Å². The van der Waals surface area contributed by atoms with Gasteiger partial charge in [0.25, 0.3) is 0 Å². The second kappa shape index (κ2) is 11.0. The fourth-order valence-electron chi connectivity index (χ4n) is 4.93. The maximum Gasteiger partial charge on any atom is 0.157 e. The zero-order valence-corrected chi connectivity index (χ0v) is 22.3. The van der Waals surface area contributed by atoms with E-state index in [1.54, 1.807) is 13.3 Å². The number of hydrogen-bond acceptors (Lipinski definition) is 7. The lowest BCUT2D eigenvalue weighted by Gasteiger charge is -2.35. The van der Waals surface area contributed by atoms with Gasteiger partial charge in [0, 0.05) is 55.9 Å². The van der Waals surface area contributed by atoms with E-state index in [2.05, 4.69) is 74.3 Å². The van der Waals surface area contributed by atoms with Crippen molar-refractivity contribution in [1.82, 2.24) is 19.5 Å². The first kappa shape index (κ1) is 24.8. The van der Waals surface area contributed by atoms with Crippen molar-refractivity contribution in [2.45, 2.75) is 6.61 Å². The molecule has 0 bridgehead atoms. The molecule has 1 aliphatic rings. The van der Waals surface area contributed by atoms with Gasteiger partial charge in [0.2, 0.25) is 0 Å². The summed E-state index contributed by atoms with van der Waals surface area (Å²) in [6.07, 6.45) is 3.57. The van der Waals surface area contributed by atoms with Gasteiger partial charge in [-0.1, -0.05) is 30.3 Å². The molecule has 0 N–H and O–H groups in total. The van der Waals surface area contributed by atoms with Gasteiger partial charge in [0.05, 0.1) is 19.0 Å². The van der Waals surface area contributed by atoms with E-state index in [0.29, 0.717) is 6.61 Å². The molecular formula is C31H32N6O2. The van der Waals surface area contributed by atoms with E-state index < -0.39 is 0 Å². The van der Waals surface area contributed by atoms with Crippen molar-refractivity contribution in [2.75, 3.05) is 50.1 Å². The molecule has 0 unspecified atom stereocenters. The second-order valence-corrected chi connectivity index (χ2v) is 9.65. The molecule has 0 spiro atoms. The van der Waals surface area contributed by atoms with Crippen LogP contribution in [0.2, 0.25) is 0 Å². The minimum absolute atomic E-state index is 0.518. The average molecular weight is 521 g/mol. The summed E-state index contributed by atoms with van der Waals surface area (Å²) >= 11 is 0. The molecule has 1 saturated heterocycles. The van der Waals surface area contributed by atoms with Gasteiger partial charge in [-0.3, -0.25) is 4.90 Å². The summed E-state index contributed by atoms with van der Waals surface area (Å²) in [7, 11) is 3.89. The number of anilines is 4. The molecule has 8 heteroatoms. The largest absolute Gasteiger partial charge is 0.494 e. The maximum atomic E-state index is 6.05. The molecule has 0 saturated carbocycles. The van der Waals surface area contributed by atoms with E-state index in [-0.39, 0.29) is 0 Å². The molecule has 8 nitrogen and oxygen atoms in total. The number of fused-ring (bicyclic) bond motifs is 1. The van der Waals surface area contributed by atoms with Crippen LogP contribution < -0.4 is 19.3 Å². The molecule has 5 aromatic rings. The zero-order chi connectivity index (χ0) is 26.6. The lowest BCUT2D eigenvalue weighted by Crippen LogP contribution is -2.44. The van der Waals surface area contributed by atoms with Gasteiger partial charge >= 0.3 is 0 Å². The number of rotatable bonds is 8. The third kappa shape index (κ3) is 5.24. The Kier molecular flexibility index (Phi) is 7.01. The average Bonchev–Trinajstić information content (AvgIpc) is 3.48. The maximum absolute atomic E-state index is 6.05. The lowest BCUT2D eigenvalue weighted by atomic mass is 10.1. The topological polar surface area (TPSA) is 58.4 Å². The van der Waals surface area contributed by atoms with Gasteiger partial charge in [-0.05, 0) is 55.1 Å². The Bertz CT molecular complexity index is 1530. The fourth-order valence-corrected chi connectivity index (χ4v) is 4.93. The van der Waals surface area contributed by atoms with Gasteiger partial charge in [0.1, 0.15) is 23.9 Å². The molecule has 3 aromatic carbocycles. The Labute approximate surface area is 228 Å². The molecule has 0 aliphatic carbocycles. The smallest absolute Gasteiger partial charge is 0.157 e. The van der Waals surface area contributed by atoms with Gasteiger partial charge in [-0.25, -0.2) is 4.98 Å². The third-order valence-electron chi connectivity index (χ3n) is 7.12. The normalized spacial score (nSPS) is 13.9. The highest BCUT2D eigenvalue weighted by atomic mass is 16.5. The highest BCUT2D eigenvalue weighted by Crippen LogP contribution is 2.42. The number of hydrogen-bond donors (Lipinski definition) is 0. The SMILES string of the molecule is COc1cc(N2CCN(C)CC2)ccc1N(c1ccc(OCc2ccccc2)cc1)c1ccnc2ccnn12. The van der Waals surface area contributed by atoms with Gasteiger partial charge in [-0.15, -0.1) is 0 Å². The van der Waals surface area contributed by atoms with Crippen LogP contribution in [0.15, 0.2) is 97.3 Å². The summed E-state index contributed by atoms with van der Waals surface area (Å²) in [4.78, 5) is 11.4. The first-order valence-corrected chi connectivity index (χ1v) is 13.2. The van der Waals surface area contributed by atoms with Crippen molar-refractivity contribution in [3.63, 3.8) is 0 Å². The molecule has 1 fully saturated rings. The first-order chi connectivity index (χ1) is 19.2. The number of methoxy groups -OCH3 is 1. The predicted molar refractivity (Wildman–Crippen MR) is 155 cm³/mol. The zero-order valence-electron chi connectivity index (χ0n) is 22.3. The molecule has 0 amide bonds. The lowest BCUT2D eigenvalue weighted by molar-refractivity contribution is 0.306. The minimum atomic E-state index is 0.518. The summed E-state index contributed by atoms with van der Waals surface area (Å²) in [5.74, 6) is 2.44. The molecule has 3 heterocycles. The Morgan fingerprint density at radius 3 is 2.41 bits per heavy atom. The second-order valence-electron chi connectivity index (χ2n) is 9.65. The molecule has 39 heavy (non-hydrogen) atoms. The summed E-state index contributed by atoms with van der Waals surface area (Å²) in [6.45, 7) is 4.59. The van der Waals surface area contributed by atoms with Crippen LogP contribution in [0.1, 0.15) is 5.56 Å². The Morgan fingerprint density at radius 2 is 1.64 bits per heavy atom. The summed E-state index contributed by atoms with van der Waals surface area (Å²) in [6, 6.07) is 28.6. The highest BCUT2D eigenvalue weighted by Gasteiger charge is 2.22. The van der Waals surface area contributed by atoms with E-state index in [9.17, 15) is 0 Å². The molecule has 198 valence electrons. The fraction of sp³-hybridized carbons (Fsp3) is 0.226. The van der Waals surface area contributed by atoms with Gasteiger partial charge < -0.3 is 19.3 Å². The number of nitrogens with zero attached hydrogens (tertiary/aromatic N) is 6. The van der Waals surface area contributed by atoms with Crippen LogP contribution in [0, 0.1) is 0 Å². The van der Waals surface area contributed by atoms with Gasteiger partial charge in [-0.2, -0.15) is 9.61 Å². The van der Waals surface area contributed by atoms with Crippen molar-refractivity contribution in [2.24, 2.45) is 0 Å². The Morgan fingerprint density at radius 1 is 0.846 bits per heavy atom. The van der Waals surface area contributed by atoms with Crippen LogP contribution in [-0.2, 0) is 6.61 Å². The molecule has 6 rings (SSSR count). The number of likely N-dealkylation sites (N-methyl/N-ethyl adjacent to an activating group) is 1. The van der Waals surface area contributed by atoms with E-state index in [1.165, 1.54) is 0 Å². The van der Waals surface area contributed by atoms with Gasteiger partial charge in [0.15, 0.2) is 5.65 Å². The van der Waals surface area contributed by atoms with Crippen molar-refractivity contribution < 1.29 is 9.47 Å². The van der Waals surface area contributed by atoms with Crippen LogP contribution in [0.3, 0.4) is 0 Å². The minimum Gasteiger partial charge on any atom is -0.494 e. The number of aromatic nitrogens is 3. The van der Waals surface area contributed by atoms with E-state index in [4.69, 9.17) is 9.47 Å². The van der Waals surface area contributed by atoms with Crippen LogP contribution in [0.25, 0.3) is 5.65 Å². The standard InChI is InChI=1S/C31H32N6O2/c1-34-18-20-35(21-19-34)26-10-13-28(29(22-26)38-2)36(31-15-16-32-30-14-17-33-37(30)31)25-8-11-27(12-9-25)39-23-24-6-4-3-5-7-24/h3-17,22H,18-21,23H2,1-2H3. The predicted octanol–water partition coefficient (Wildman–Crippen LogP) is 5.54. The van der Waals surface area contributed by atoms with Crippen molar-refractivity contribution in [3.05, 3.63) is 103 Å². The summed E-state index contributed by atoms with van der Waals surface area (Å²) in [5.41, 5.74) is 4.93. The van der Waals surface area contributed by atoms with E-state index in [0.717, 1.165) is 71.8 Å². The number of piperazine rings is 1. The quantitative estimate of drug-likeness (QED) is 0.266. The molecule has 1 aliphatic heterocycles. The highest BCUT2D eigenvalue weighted by molar-refractivity contribution is 5.81. The molecule has 2 aromatic heterocycles. The summed E-state index contributed by atoms with van der Waals surface area (Å²) < 4.78 is 13.9. The Balaban J connectivity index is 1.36. The number of ether oxygens (including phenoxy) is 2. The number of benzene rings is 3. The first-order valence-electron chi connectivity index (χ1n) is 13.2. The van der Waals surface area contributed by atoms with E-state index in [1.807, 2.05) is 53.2 Å². The van der Waals surface area contributed by atoms with Crippen LogP contribution in [0.4, 0.5) is 22.9 Å². The Hall–Kier alpha value is -4.56. The van der Waals surface area contributed by atoms with Crippen LogP contribution >= 0.6 is 0 Å². The van der Waals surface area contributed by atoms with Crippen molar-refractivity contribution in [1.29, 1.82) is 0 Å². The molecule has 0 radical (unpaired) electrons.